The number of carbonyl (C=O) groups excluding carboxylic acids is 1. The van der Waals surface area contributed by atoms with Crippen LogP contribution in [0.5, 0.6) is 0 Å². The van der Waals surface area contributed by atoms with Gasteiger partial charge in [0.1, 0.15) is 0 Å². The van der Waals surface area contributed by atoms with Gasteiger partial charge in [-0.1, -0.05) is 29.3 Å². The van der Waals surface area contributed by atoms with Crippen molar-refractivity contribution in [2.75, 3.05) is 13.1 Å². The van der Waals surface area contributed by atoms with Crippen molar-refractivity contribution in [3.63, 3.8) is 0 Å². The minimum absolute atomic E-state index is 0.0562. The Morgan fingerprint density at radius 3 is 2.56 bits per heavy atom. The van der Waals surface area contributed by atoms with E-state index in [2.05, 4.69) is 0 Å². The molecule has 1 heterocycles. The van der Waals surface area contributed by atoms with Crippen molar-refractivity contribution in [2.45, 2.75) is 19.3 Å². The van der Waals surface area contributed by atoms with E-state index in [1.165, 1.54) is 6.42 Å². The van der Waals surface area contributed by atoms with E-state index in [1.807, 2.05) is 11.0 Å². The lowest BCUT2D eigenvalue weighted by Crippen LogP contribution is -2.34. The second-order valence-corrected chi connectivity index (χ2v) is 5.23. The van der Waals surface area contributed by atoms with Gasteiger partial charge in [-0.15, -0.1) is 0 Å². The Labute approximate surface area is 117 Å². The van der Waals surface area contributed by atoms with Gasteiger partial charge in [-0.3, -0.25) is 4.79 Å². The largest absolute Gasteiger partial charge is 0.339 e. The molecule has 0 atom stereocenters. The number of piperidine rings is 1. The highest BCUT2D eigenvalue weighted by molar-refractivity contribution is 6.35. The van der Waals surface area contributed by atoms with Gasteiger partial charge in [0.05, 0.1) is 0 Å². The van der Waals surface area contributed by atoms with Gasteiger partial charge in [-0.2, -0.15) is 0 Å². The van der Waals surface area contributed by atoms with Crippen LogP contribution in [0.1, 0.15) is 24.8 Å². The highest BCUT2D eigenvalue weighted by atomic mass is 35.5. The van der Waals surface area contributed by atoms with E-state index in [4.69, 9.17) is 23.2 Å². The fourth-order valence-electron chi connectivity index (χ4n) is 2.02. The monoisotopic (exact) mass is 283 g/mol. The number of benzene rings is 1. The van der Waals surface area contributed by atoms with Crippen LogP contribution in [0, 0.1) is 0 Å². The zero-order chi connectivity index (χ0) is 13.0. The molecular weight excluding hydrogens is 269 g/mol. The maximum Gasteiger partial charge on any atom is 0.246 e. The second-order valence-electron chi connectivity index (χ2n) is 4.39. The molecule has 1 fully saturated rings. The number of amides is 1. The van der Waals surface area contributed by atoms with Gasteiger partial charge in [0.25, 0.3) is 0 Å². The number of likely N-dealkylation sites (tertiary alicyclic amines) is 1. The summed E-state index contributed by atoms with van der Waals surface area (Å²) in [7, 11) is 0. The average molecular weight is 284 g/mol. The van der Waals surface area contributed by atoms with E-state index in [-0.39, 0.29) is 5.91 Å². The van der Waals surface area contributed by atoms with Crippen LogP contribution >= 0.6 is 23.2 Å². The molecule has 0 N–H and O–H groups in total. The van der Waals surface area contributed by atoms with Crippen LogP contribution in [0.4, 0.5) is 0 Å². The van der Waals surface area contributed by atoms with Crippen molar-refractivity contribution in [1.82, 2.24) is 4.90 Å². The third-order valence-electron chi connectivity index (χ3n) is 3.04. The van der Waals surface area contributed by atoms with Gasteiger partial charge < -0.3 is 4.90 Å². The van der Waals surface area contributed by atoms with Gasteiger partial charge >= 0.3 is 0 Å². The first-order valence-electron chi connectivity index (χ1n) is 6.09. The second kappa shape index (κ2) is 6.26. The van der Waals surface area contributed by atoms with E-state index in [0.717, 1.165) is 31.5 Å². The van der Waals surface area contributed by atoms with E-state index in [9.17, 15) is 4.79 Å². The first kappa shape index (κ1) is 13.4. The molecule has 1 aromatic carbocycles. The molecule has 0 radical (unpaired) electrons. The quantitative estimate of drug-likeness (QED) is 0.751. The summed E-state index contributed by atoms with van der Waals surface area (Å²) in [5, 5.41) is 1.16. The van der Waals surface area contributed by atoms with Crippen LogP contribution in [0.25, 0.3) is 6.08 Å². The third kappa shape index (κ3) is 3.50. The van der Waals surface area contributed by atoms with E-state index >= 15 is 0 Å². The maximum absolute atomic E-state index is 11.9. The summed E-state index contributed by atoms with van der Waals surface area (Å²) in [6.45, 7) is 1.72. The number of hydrogen-bond acceptors (Lipinski definition) is 1. The molecule has 0 saturated carbocycles. The zero-order valence-corrected chi connectivity index (χ0v) is 11.5. The van der Waals surface area contributed by atoms with Crippen molar-refractivity contribution >= 4 is 35.2 Å². The van der Waals surface area contributed by atoms with Gasteiger partial charge in [-0.05, 0) is 43.0 Å². The van der Waals surface area contributed by atoms with Gasteiger partial charge in [-0.25, -0.2) is 0 Å². The van der Waals surface area contributed by atoms with E-state index < -0.39 is 0 Å². The Kier molecular flexibility index (Phi) is 4.67. The minimum atomic E-state index is 0.0562. The summed E-state index contributed by atoms with van der Waals surface area (Å²) in [6, 6.07) is 5.25. The molecule has 0 aromatic heterocycles. The lowest BCUT2D eigenvalue weighted by molar-refractivity contribution is -0.126. The van der Waals surface area contributed by atoms with Crippen LogP contribution < -0.4 is 0 Å². The summed E-state index contributed by atoms with van der Waals surface area (Å²) in [5.41, 5.74) is 0.812. The molecule has 1 saturated heterocycles. The summed E-state index contributed by atoms with van der Waals surface area (Å²) in [6.07, 6.45) is 6.75. The average Bonchev–Trinajstić information content (AvgIpc) is 2.38. The number of rotatable bonds is 2. The van der Waals surface area contributed by atoms with Gasteiger partial charge in [0, 0.05) is 29.2 Å². The normalized spacial score (nSPS) is 16.2. The topological polar surface area (TPSA) is 20.3 Å². The molecular formula is C14H15Cl2NO. The van der Waals surface area contributed by atoms with Crippen LogP contribution in [-0.4, -0.2) is 23.9 Å². The van der Waals surface area contributed by atoms with Crippen molar-refractivity contribution < 1.29 is 4.79 Å². The molecule has 2 nitrogen and oxygen atoms in total. The van der Waals surface area contributed by atoms with Crippen molar-refractivity contribution in [2.24, 2.45) is 0 Å². The van der Waals surface area contributed by atoms with Crippen molar-refractivity contribution in [3.05, 3.63) is 39.9 Å². The van der Waals surface area contributed by atoms with E-state index in [1.54, 1.807) is 24.3 Å². The Morgan fingerprint density at radius 2 is 1.89 bits per heavy atom. The molecule has 0 bridgehead atoms. The van der Waals surface area contributed by atoms with E-state index in [0.29, 0.717) is 10.0 Å². The molecule has 0 aliphatic carbocycles. The van der Waals surface area contributed by atoms with Crippen LogP contribution in [-0.2, 0) is 4.79 Å². The number of hydrogen-bond donors (Lipinski definition) is 0. The number of carbonyl (C=O) groups is 1. The molecule has 0 spiro atoms. The molecule has 0 unspecified atom stereocenters. The fraction of sp³-hybridized carbons (Fsp3) is 0.357. The molecule has 1 aromatic rings. The summed E-state index contributed by atoms with van der Waals surface area (Å²) in [4.78, 5) is 13.8. The molecule has 4 heteroatoms. The molecule has 1 aliphatic heterocycles. The lowest BCUT2D eigenvalue weighted by Gasteiger charge is -2.25. The smallest absolute Gasteiger partial charge is 0.246 e. The first-order chi connectivity index (χ1) is 8.66. The lowest BCUT2D eigenvalue weighted by atomic mass is 10.1. The minimum Gasteiger partial charge on any atom is -0.339 e. The highest BCUT2D eigenvalue weighted by Gasteiger charge is 2.13. The van der Waals surface area contributed by atoms with Crippen molar-refractivity contribution in [3.8, 4) is 0 Å². The first-order valence-corrected chi connectivity index (χ1v) is 6.84. The molecule has 96 valence electrons. The van der Waals surface area contributed by atoms with Crippen LogP contribution in [0.3, 0.4) is 0 Å². The van der Waals surface area contributed by atoms with Gasteiger partial charge in [0.15, 0.2) is 0 Å². The van der Waals surface area contributed by atoms with Crippen LogP contribution in [0.2, 0.25) is 10.0 Å². The number of halogens is 2. The third-order valence-corrected chi connectivity index (χ3v) is 3.60. The Hall–Kier alpha value is -0.990. The standard InChI is InChI=1S/C14H15Cl2NO/c15-12-6-4-11(13(16)10-12)5-7-14(18)17-8-2-1-3-9-17/h4-7,10H,1-3,8-9H2. The molecule has 2 rings (SSSR count). The Balaban J connectivity index is 2.03. The fourth-order valence-corrected chi connectivity index (χ4v) is 2.49. The van der Waals surface area contributed by atoms with Crippen LogP contribution in [0.15, 0.2) is 24.3 Å². The zero-order valence-electron chi connectivity index (χ0n) is 10.0. The predicted molar refractivity (Wildman–Crippen MR) is 75.9 cm³/mol. The summed E-state index contributed by atoms with van der Waals surface area (Å²) < 4.78 is 0. The molecule has 1 aliphatic rings. The number of nitrogens with zero attached hydrogens (tertiary/aromatic N) is 1. The molecule has 18 heavy (non-hydrogen) atoms. The summed E-state index contributed by atoms with van der Waals surface area (Å²) in [5.74, 6) is 0.0562. The Morgan fingerprint density at radius 1 is 1.17 bits per heavy atom. The highest BCUT2D eigenvalue weighted by Crippen LogP contribution is 2.22. The summed E-state index contributed by atoms with van der Waals surface area (Å²) >= 11 is 11.9. The molecule has 1 amide bonds. The SMILES string of the molecule is O=C(C=Cc1ccc(Cl)cc1Cl)N1CCCCC1. The Bertz CT molecular complexity index is 465. The van der Waals surface area contributed by atoms with Gasteiger partial charge in [0.2, 0.25) is 5.91 Å². The maximum atomic E-state index is 11.9. The predicted octanol–water partition coefficient (Wildman–Crippen LogP) is 4.02. The van der Waals surface area contributed by atoms with Crippen molar-refractivity contribution in [1.29, 1.82) is 0 Å².